The molecule has 1 saturated heterocycles. The van der Waals surface area contributed by atoms with E-state index in [1.165, 1.54) is 0 Å². The molecular formula is C25H32N8O2. The Labute approximate surface area is 205 Å². The van der Waals surface area contributed by atoms with E-state index in [1.54, 1.807) is 29.6 Å². The molecule has 0 aromatic carbocycles. The highest BCUT2D eigenvalue weighted by Gasteiger charge is 2.54. The van der Waals surface area contributed by atoms with Crippen molar-refractivity contribution in [3.8, 4) is 6.07 Å². The normalized spacial score (nSPS) is 25.8. The van der Waals surface area contributed by atoms with Gasteiger partial charge in [-0.2, -0.15) is 5.26 Å². The van der Waals surface area contributed by atoms with Crippen LogP contribution in [0.1, 0.15) is 51.7 Å². The summed E-state index contributed by atoms with van der Waals surface area (Å²) in [5.74, 6) is 2.43. The highest BCUT2D eigenvalue weighted by atomic mass is 16.6. The van der Waals surface area contributed by atoms with Gasteiger partial charge in [0.15, 0.2) is 0 Å². The number of nitrogens with two attached hydrogens (primary N) is 1. The second-order valence-electron chi connectivity index (χ2n) is 10.9. The molecule has 35 heavy (non-hydrogen) atoms. The maximum Gasteiger partial charge on any atom is 0.410 e. The molecule has 1 aliphatic carbocycles. The first-order chi connectivity index (χ1) is 16.6. The van der Waals surface area contributed by atoms with Crippen molar-refractivity contribution in [1.29, 1.82) is 5.26 Å². The van der Waals surface area contributed by atoms with E-state index in [4.69, 9.17) is 15.5 Å². The number of ether oxygens (including phenoxy) is 1. The fourth-order valence-electron chi connectivity index (χ4n) is 5.59. The van der Waals surface area contributed by atoms with Gasteiger partial charge >= 0.3 is 6.09 Å². The number of piperazine rings is 1. The number of anilines is 3. The van der Waals surface area contributed by atoms with Gasteiger partial charge < -0.3 is 25.2 Å². The Morgan fingerprint density at radius 3 is 2.63 bits per heavy atom. The standard InChI is InChI=1S/C25H32N8O2/c1-16-13-31(7-8-32(16)23(34)35-24(2,3)4)21-20-22(30-15-29-21)33(14-25(20)10-18(27)11-25)19-9-17(12-26)5-6-28-19/h5-6,9,15-16,18H,7-8,10-11,13-14,27H2,1-4H3/t16-,18?,25?/m1/s1. The summed E-state index contributed by atoms with van der Waals surface area (Å²) >= 11 is 0. The lowest BCUT2D eigenvalue weighted by Crippen LogP contribution is -2.56. The third-order valence-corrected chi connectivity index (χ3v) is 7.07. The minimum atomic E-state index is -0.531. The lowest BCUT2D eigenvalue weighted by atomic mass is 9.63. The third-order valence-electron chi connectivity index (χ3n) is 7.07. The predicted octanol–water partition coefficient (Wildman–Crippen LogP) is 2.70. The number of nitriles is 1. The predicted molar refractivity (Wildman–Crippen MR) is 131 cm³/mol. The Kier molecular flexibility index (Phi) is 5.55. The highest BCUT2D eigenvalue weighted by molar-refractivity contribution is 5.75. The Morgan fingerprint density at radius 2 is 1.97 bits per heavy atom. The van der Waals surface area contributed by atoms with Gasteiger partial charge in [0, 0.05) is 55.4 Å². The average molecular weight is 477 g/mol. The highest BCUT2D eigenvalue weighted by Crippen LogP contribution is 2.55. The molecule has 0 radical (unpaired) electrons. The fourth-order valence-corrected chi connectivity index (χ4v) is 5.59. The number of aromatic nitrogens is 3. The zero-order valence-corrected chi connectivity index (χ0v) is 20.7. The van der Waals surface area contributed by atoms with Gasteiger partial charge in [-0.25, -0.2) is 19.7 Å². The fraction of sp³-hybridized carbons (Fsp3) is 0.560. The minimum absolute atomic E-state index is 0.0321. The lowest BCUT2D eigenvalue weighted by molar-refractivity contribution is 0.0158. The van der Waals surface area contributed by atoms with Crippen LogP contribution in [0.5, 0.6) is 0 Å². The number of fused-ring (bicyclic) bond motifs is 2. The summed E-state index contributed by atoms with van der Waals surface area (Å²) in [5, 5.41) is 9.37. The SMILES string of the molecule is C[C@@H]1CN(c2ncnc3c2C2(CC(N)C2)CN3c2cc(C#N)ccn2)CCN1C(=O)OC(C)(C)C. The summed E-state index contributed by atoms with van der Waals surface area (Å²) in [5.41, 5.74) is 7.26. The molecule has 10 nitrogen and oxygen atoms in total. The minimum Gasteiger partial charge on any atom is -0.444 e. The van der Waals surface area contributed by atoms with Gasteiger partial charge in [0.1, 0.15) is 29.4 Å². The maximum atomic E-state index is 12.7. The quantitative estimate of drug-likeness (QED) is 0.696. The summed E-state index contributed by atoms with van der Waals surface area (Å²) in [4.78, 5) is 32.8. The molecular weight excluding hydrogens is 444 g/mol. The number of nitrogens with zero attached hydrogens (tertiary/aromatic N) is 7. The monoisotopic (exact) mass is 476 g/mol. The molecule has 2 aromatic heterocycles. The Bertz CT molecular complexity index is 1180. The van der Waals surface area contributed by atoms with Gasteiger partial charge in [-0.05, 0) is 52.7 Å². The second-order valence-corrected chi connectivity index (χ2v) is 10.9. The van der Waals surface area contributed by atoms with Crippen LogP contribution in [0.15, 0.2) is 24.7 Å². The van der Waals surface area contributed by atoms with Crippen molar-refractivity contribution in [3.63, 3.8) is 0 Å². The van der Waals surface area contributed by atoms with Crippen LogP contribution in [-0.2, 0) is 10.2 Å². The molecule has 3 aliphatic rings. The van der Waals surface area contributed by atoms with Crippen molar-refractivity contribution in [2.75, 3.05) is 36.0 Å². The molecule has 10 heteroatoms. The maximum absolute atomic E-state index is 12.7. The van der Waals surface area contributed by atoms with Crippen LogP contribution in [0.25, 0.3) is 0 Å². The first-order valence-corrected chi connectivity index (χ1v) is 12.1. The van der Waals surface area contributed by atoms with Crippen molar-refractivity contribution < 1.29 is 9.53 Å². The zero-order chi connectivity index (χ0) is 25.0. The van der Waals surface area contributed by atoms with E-state index in [2.05, 4.69) is 25.8 Å². The summed E-state index contributed by atoms with van der Waals surface area (Å²) < 4.78 is 5.61. The summed E-state index contributed by atoms with van der Waals surface area (Å²) in [6.45, 7) is 10.2. The zero-order valence-electron chi connectivity index (χ0n) is 20.7. The molecule has 2 aromatic rings. The number of carbonyl (C=O) groups excluding carboxylic acids is 1. The van der Waals surface area contributed by atoms with Crippen molar-refractivity contribution in [2.45, 2.75) is 63.6 Å². The molecule has 1 atom stereocenters. The number of pyridine rings is 1. The molecule has 2 N–H and O–H groups in total. The van der Waals surface area contributed by atoms with Gasteiger partial charge in [-0.3, -0.25) is 0 Å². The van der Waals surface area contributed by atoms with Gasteiger partial charge in [0.2, 0.25) is 0 Å². The Morgan fingerprint density at radius 1 is 1.23 bits per heavy atom. The first-order valence-electron chi connectivity index (χ1n) is 12.1. The van der Waals surface area contributed by atoms with E-state index in [9.17, 15) is 10.1 Å². The number of hydrogen-bond acceptors (Lipinski definition) is 9. The molecule has 0 unspecified atom stereocenters. The van der Waals surface area contributed by atoms with Crippen LogP contribution < -0.4 is 15.5 Å². The molecule has 2 fully saturated rings. The van der Waals surface area contributed by atoms with Crippen LogP contribution in [0.4, 0.5) is 22.2 Å². The summed E-state index contributed by atoms with van der Waals surface area (Å²) in [6.07, 6.45) is 4.67. The number of amides is 1. The molecule has 1 amide bonds. The molecule has 184 valence electrons. The Hall–Kier alpha value is -3.45. The molecule has 5 rings (SSSR count). The number of carbonyl (C=O) groups is 1. The largest absolute Gasteiger partial charge is 0.444 e. The van der Waals surface area contributed by atoms with E-state index >= 15 is 0 Å². The van der Waals surface area contributed by atoms with Crippen LogP contribution in [0.2, 0.25) is 0 Å². The van der Waals surface area contributed by atoms with E-state index in [-0.39, 0.29) is 23.6 Å². The van der Waals surface area contributed by atoms with Crippen LogP contribution in [0.3, 0.4) is 0 Å². The summed E-state index contributed by atoms with van der Waals surface area (Å²) in [7, 11) is 0. The van der Waals surface area contributed by atoms with E-state index in [0.29, 0.717) is 37.6 Å². The van der Waals surface area contributed by atoms with Crippen molar-refractivity contribution >= 4 is 23.5 Å². The van der Waals surface area contributed by atoms with Crippen molar-refractivity contribution in [1.82, 2.24) is 19.9 Å². The number of hydrogen-bond donors (Lipinski definition) is 1. The number of rotatable bonds is 2. The Balaban J connectivity index is 1.46. The molecule has 0 bridgehead atoms. The van der Waals surface area contributed by atoms with Gasteiger partial charge in [-0.15, -0.1) is 0 Å². The van der Waals surface area contributed by atoms with Crippen molar-refractivity contribution in [2.24, 2.45) is 5.73 Å². The smallest absolute Gasteiger partial charge is 0.410 e. The molecule has 1 saturated carbocycles. The van der Waals surface area contributed by atoms with Gasteiger partial charge in [0.05, 0.1) is 11.6 Å². The molecule has 2 aliphatic heterocycles. The van der Waals surface area contributed by atoms with Crippen LogP contribution in [0, 0.1) is 11.3 Å². The second kappa shape index (κ2) is 8.34. The first kappa shape index (κ1) is 23.3. The van der Waals surface area contributed by atoms with Gasteiger partial charge in [0.25, 0.3) is 0 Å². The van der Waals surface area contributed by atoms with E-state index < -0.39 is 5.60 Å². The van der Waals surface area contributed by atoms with Gasteiger partial charge in [-0.1, -0.05) is 0 Å². The molecule has 1 spiro atoms. The van der Waals surface area contributed by atoms with Crippen molar-refractivity contribution in [3.05, 3.63) is 35.8 Å². The molecule has 4 heterocycles. The van der Waals surface area contributed by atoms with Crippen LogP contribution >= 0.6 is 0 Å². The summed E-state index contributed by atoms with van der Waals surface area (Å²) in [6, 6.07) is 5.80. The topological polar surface area (TPSA) is 125 Å². The third kappa shape index (κ3) is 4.14. The van der Waals surface area contributed by atoms with E-state index in [0.717, 1.165) is 30.0 Å². The average Bonchev–Trinajstić information content (AvgIpc) is 3.13. The van der Waals surface area contributed by atoms with Crippen LogP contribution in [-0.4, -0.2) is 69.8 Å². The lowest BCUT2D eigenvalue weighted by Gasteiger charge is -2.46. The van der Waals surface area contributed by atoms with E-state index in [1.807, 2.05) is 27.7 Å².